The van der Waals surface area contributed by atoms with Crippen LogP contribution in [0.5, 0.6) is 0 Å². The Kier molecular flexibility index (Phi) is 4.31. The maximum atomic E-state index is 11.3. The van der Waals surface area contributed by atoms with Crippen LogP contribution in [0.4, 0.5) is 0 Å². The standard InChI is InChI=1S/C12H17NO2/c1-9(6-7-13)10-4-3-5-11(8-10)12(14)15-2/h3-5,8-9H,6-7,13H2,1-2H3. The molecule has 0 fully saturated rings. The third-order valence-corrected chi connectivity index (χ3v) is 2.48. The van der Waals surface area contributed by atoms with Crippen molar-refractivity contribution in [1.29, 1.82) is 0 Å². The van der Waals surface area contributed by atoms with E-state index in [0.29, 0.717) is 18.0 Å². The molecule has 0 saturated carbocycles. The molecule has 0 bridgehead atoms. The Morgan fingerprint density at radius 1 is 1.53 bits per heavy atom. The lowest BCUT2D eigenvalue weighted by molar-refractivity contribution is 0.0600. The van der Waals surface area contributed by atoms with E-state index in [-0.39, 0.29) is 5.97 Å². The van der Waals surface area contributed by atoms with Gasteiger partial charge in [0.1, 0.15) is 0 Å². The van der Waals surface area contributed by atoms with Gasteiger partial charge in [0.25, 0.3) is 0 Å². The fourth-order valence-corrected chi connectivity index (χ4v) is 1.51. The van der Waals surface area contributed by atoms with Gasteiger partial charge in [-0.3, -0.25) is 0 Å². The molecule has 1 aromatic carbocycles. The molecule has 3 nitrogen and oxygen atoms in total. The van der Waals surface area contributed by atoms with Crippen LogP contribution in [0.25, 0.3) is 0 Å². The van der Waals surface area contributed by atoms with Crippen LogP contribution < -0.4 is 5.73 Å². The molecule has 2 N–H and O–H groups in total. The maximum absolute atomic E-state index is 11.3. The van der Waals surface area contributed by atoms with Gasteiger partial charge in [0.05, 0.1) is 12.7 Å². The molecule has 0 amide bonds. The van der Waals surface area contributed by atoms with Crippen LogP contribution in [0.3, 0.4) is 0 Å². The second kappa shape index (κ2) is 5.51. The van der Waals surface area contributed by atoms with E-state index in [9.17, 15) is 4.79 Å². The van der Waals surface area contributed by atoms with Gasteiger partial charge in [0.2, 0.25) is 0 Å². The highest BCUT2D eigenvalue weighted by Gasteiger charge is 2.09. The zero-order valence-corrected chi connectivity index (χ0v) is 9.19. The molecule has 0 aliphatic heterocycles. The number of hydrogen-bond donors (Lipinski definition) is 1. The lowest BCUT2D eigenvalue weighted by atomic mass is 9.96. The summed E-state index contributed by atoms with van der Waals surface area (Å²) in [6.07, 6.45) is 0.921. The predicted molar refractivity (Wildman–Crippen MR) is 59.9 cm³/mol. The molecule has 0 radical (unpaired) electrons. The van der Waals surface area contributed by atoms with Crippen LogP contribution in [-0.4, -0.2) is 19.6 Å². The number of hydrogen-bond acceptors (Lipinski definition) is 3. The minimum atomic E-state index is -0.295. The maximum Gasteiger partial charge on any atom is 0.337 e. The zero-order chi connectivity index (χ0) is 11.3. The van der Waals surface area contributed by atoms with Crippen molar-refractivity contribution in [3.05, 3.63) is 35.4 Å². The molecule has 0 aliphatic rings. The van der Waals surface area contributed by atoms with Crippen molar-refractivity contribution in [2.75, 3.05) is 13.7 Å². The predicted octanol–water partition coefficient (Wildman–Crippen LogP) is 1.93. The Balaban J connectivity index is 2.87. The lowest BCUT2D eigenvalue weighted by Crippen LogP contribution is -2.06. The summed E-state index contributed by atoms with van der Waals surface area (Å²) in [5.74, 6) is 0.0800. The monoisotopic (exact) mass is 207 g/mol. The minimum Gasteiger partial charge on any atom is -0.465 e. The Labute approximate surface area is 90.2 Å². The average molecular weight is 207 g/mol. The minimum absolute atomic E-state index is 0.295. The summed E-state index contributed by atoms with van der Waals surface area (Å²) in [5, 5.41) is 0. The van der Waals surface area contributed by atoms with Crippen LogP contribution >= 0.6 is 0 Å². The largest absolute Gasteiger partial charge is 0.465 e. The molecule has 1 unspecified atom stereocenters. The topological polar surface area (TPSA) is 52.3 Å². The first-order valence-electron chi connectivity index (χ1n) is 5.07. The quantitative estimate of drug-likeness (QED) is 0.767. The van der Waals surface area contributed by atoms with Crippen LogP contribution in [0.1, 0.15) is 35.2 Å². The first kappa shape index (κ1) is 11.7. The second-order valence-corrected chi connectivity index (χ2v) is 3.60. The van der Waals surface area contributed by atoms with Gasteiger partial charge < -0.3 is 10.5 Å². The fraction of sp³-hybridized carbons (Fsp3) is 0.417. The number of carbonyl (C=O) groups is 1. The van der Waals surface area contributed by atoms with Gasteiger partial charge in [-0.1, -0.05) is 19.1 Å². The van der Waals surface area contributed by atoms with Gasteiger partial charge in [0, 0.05) is 0 Å². The molecule has 15 heavy (non-hydrogen) atoms. The number of ether oxygens (including phenoxy) is 1. The summed E-state index contributed by atoms with van der Waals surface area (Å²) in [4.78, 5) is 11.3. The molecule has 0 spiro atoms. The molecule has 0 aromatic heterocycles. The van der Waals surface area contributed by atoms with Crippen molar-refractivity contribution in [2.45, 2.75) is 19.3 Å². The van der Waals surface area contributed by atoms with Gasteiger partial charge in [-0.05, 0) is 36.6 Å². The van der Waals surface area contributed by atoms with E-state index in [1.165, 1.54) is 7.11 Å². The molecule has 3 heteroatoms. The van der Waals surface area contributed by atoms with Gasteiger partial charge in [-0.25, -0.2) is 4.79 Å². The van der Waals surface area contributed by atoms with Gasteiger partial charge in [0.15, 0.2) is 0 Å². The number of methoxy groups -OCH3 is 1. The van der Waals surface area contributed by atoms with Crippen molar-refractivity contribution in [3.63, 3.8) is 0 Å². The molecule has 0 saturated heterocycles. The lowest BCUT2D eigenvalue weighted by Gasteiger charge is -2.11. The van der Waals surface area contributed by atoms with Gasteiger partial charge >= 0.3 is 5.97 Å². The van der Waals surface area contributed by atoms with Crippen LogP contribution in [0, 0.1) is 0 Å². The third-order valence-electron chi connectivity index (χ3n) is 2.48. The number of rotatable bonds is 4. The van der Waals surface area contributed by atoms with Gasteiger partial charge in [-0.15, -0.1) is 0 Å². The summed E-state index contributed by atoms with van der Waals surface area (Å²) in [5.41, 5.74) is 7.22. The van der Waals surface area contributed by atoms with Crippen molar-refractivity contribution >= 4 is 5.97 Å². The van der Waals surface area contributed by atoms with E-state index in [2.05, 4.69) is 11.7 Å². The molecular formula is C12H17NO2. The Morgan fingerprint density at radius 2 is 2.27 bits per heavy atom. The number of benzene rings is 1. The first-order valence-corrected chi connectivity index (χ1v) is 5.07. The molecule has 0 heterocycles. The van der Waals surface area contributed by atoms with E-state index in [1.54, 1.807) is 6.07 Å². The van der Waals surface area contributed by atoms with Gasteiger partial charge in [-0.2, -0.15) is 0 Å². The van der Waals surface area contributed by atoms with Crippen LogP contribution in [-0.2, 0) is 4.74 Å². The van der Waals surface area contributed by atoms with E-state index in [1.807, 2.05) is 18.2 Å². The Bertz CT molecular complexity index is 336. The van der Waals surface area contributed by atoms with E-state index in [0.717, 1.165) is 12.0 Å². The molecule has 82 valence electrons. The molecule has 1 aromatic rings. The molecule has 0 aliphatic carbocycles. The fourth-order valence-electron chi connectivity index (χ4n) is 1.51. The highest BCUT2D eigenvalue weighted by atomic mass is 16.5. The number of esters is 1. The summed E-state index contributed by atoms with van der Waals surface area (Å²) >= 11 is 0. The summed E-state index contributed by atoms with van der Waals surface area (Å²) in [7, 11) is 1.39. The van der Waals surface area contributed by atoms with Crippen molar-refractivity contribution in [2.24, 2.45) is 5.73 Å². The average Bonchev–Trinajstić information content (AvgIpc) is 2.28. The molecular weight excluding hydrogens is 190 g/mol. The van der Waals surface area contributed by atoms with Crippen molar-refractivity contribution in [1.82, 2.24) is 0 Å². The summed E-state index contributed by atoms with van der Waals surface area (Å²) in [6, 6.07) is 7.50. The number of nitrogens with two attached hydrogens (primary N) is 1. The first-order chi connectivity index (χ1) is 7.19. The zero-order valence-electron chi connectivity index (χ0n) is 9.19. The number of carbonyl (C=O) groups excluding carboxylic acids is 1. The van der Waals surface area contributed by atoms with E-state index in [4.69, 9.17) is 5.73 Å². The van der Waals surface area contributed by atoms with E-state index >= 15 is 0 Å². The third kappa shape index (κ3) is 3.06. The van der Waals surface area contributed by atoms with Crippen molar-refractivity contribution < 1.29 is 9.53 Å². The summed E-state index contributed by atoms with van der Waals surface area (Å²) in [6.45, 7) is 2.76. The highest BCUT2D eigenvalue weighted by Crippen LogP contribution is 2.19. The second-order valence-electron chi connectivity index (χ2n) is 3.60. The Morgan fingerprint density at radius 3 is 2.87 bits per heavy atom. The Hall–Kier alpha value is -1.35. The SMILES string of the molecule is COC(=O)c1cccc(C(C)CCN)c1. The molecule has 1 rings (SSSR count). The van der Waals surface area contributed by atoms with Crippen LogP contribution in [0.15, 0.2) is 24.3 Å². The highest BCUT2D eigenvalue weighted by molar-refractivity contribution is 5.89. The smallest absolute Gasteiger partial charge is 0.337 e. The normalized spacial score (nSPS) is 12.2. The van der Waals surface area contributed by atoms with Crippen molar-refractivity contribution in [3.8, 4) is 0 Å². The van der Waals surface area contributed by atoms with E-state index < -0.39 is 0 Å². The molecule has 1 atom stereocenters. The van der Waals surface area contributed by atoms with Crippen LogP contribution in [0.2, 0.25) is 0 Å². The summed E-state index contributed by atoms with van der Waals surface area (Å²) < 4.78 is 4.67.